The zero-order chi connectivity index (χ0) is 17.6. The predicted octanol–water partition coefficient (Wildman–Crippen LogP) is 2.56. The van der Waals surface area contributed by atoms with Gasteiger partial charge in [-0.2, -0.15) is 4.99 Å². The summed E-state index contributed by atoms with van der Waals surface area (Å²) in [5.74, 6) is 1.04. The molecule has 0 spiro atoms. The lowest BCUT2D eigenvalue weighted by molar-refractivity contribution is -0.113. The average molecular weight is 360 g/mol. The summed E-state index contributed by atoms with van der Waals surface area (Å²) in [6, 6.07) is 5.54. The maximum atomic E-state index is 12.2. The van der Waals surface area contributed by atoms with Crippen molar-refractivity contribution in [3.05, 3.63) is 41.3 Å². The maximum absolute atomic E-state index is 12.2. The van der Waals surface area contributed by atoms with Crippen molar-refractivity contribution in [3.63, 3.8) is 0 Å². The lowest BCUT2D eigenvalue weighted by Gasteiger charge is -2.27. The molecule has 0 aliphatic carbocycles. The minimum absolute atomic E-state index is 0.211. The minimum Gasteiger partial charge on any atom is -0.493 e. The molecule has 25 heavy (non-hydrogen) atoms. The van der Waals surface area contributed by atoms with Gasteiger partial charge in [-0.3, -0.25) is 4.79 Å². The molecule has 3 rings (SSSR count). The zero-order valence-electron chi connectivity index (χ0n) is 14.1. The molecule has 0 aromatic heterocycles. The molecule has 2 heterocycles. The highest BCUT2D eigenvalue weighted by Gasteiger charge is 2.27. The second kappa shape index (κ2) is 8.22. The molecule has 1 saturated heterocycles. The van der Waals surface area contributed by atoms with Crippen LogP contribution in [0, 0.1) is 0 Å². The third kappa shape index (κ3) is 4.24. The molecule has 0 unspecified atom stereocenters. The fourth-order valence-electron chi connectivity index (χ4n) is 2.48. The molecule has 7 heteroatoms. The van der Waals surface area contributed by atoms with Gasteiger partial charge in [-0.1, -0.05) is 18.7 Å². The van der Waals surface area contributed by atoms with E-state index in [1.807, 2.05) is 24.3 Å². The van der Waals surface area contributed by atoms with Crippen LogP contribution in [-0.2, 0) is 9.53 Å². The number of methoxy groups -OCH3 is 1. The van der Waals surface area contributed by atoms with Gasteiger partial charge >= 0.3 is 0 Å². The number of aliphatic imine (C=N–C) groups is 1. The van der Waals surface area contributed by atoms with Crippen LogP contribution in [0.2, 0.25) is 0 Å². The summed E-state index contributed by atoms with van der Waals surface area (Å²) in [7, 11) is 1.59. The van der Waals surface area contributed by atoms with Crippen LogP contribution < -0.4 is 9.47 Å². The first kappa shape index (κ1) is 17.6. The molecule has 1 amide bonds. The minimum atomic E-state index is -0.211. The highest BCUT2D eigenvalue weighted by Crippen LogP contribution is 2.33. The molecular weight excluding hydrogens is 340 g/mol. The highest BCUT2D eigenvalue weighted by molar-refractivity contribution is 8.18. The Morgan fingerprint density at radius 3 is 2.88 bits per heavy atom. The molecule has 0 N–H and O–H groups in total. The van der Waals surface area contributed by atoms with Crippen molar-refractivity contribution in [2.75, 3.05) is 40.0 Å². The lowest BCUT2D eigenvalue weighted by Crippen LogP contribution is -2.38. The molecule has 0 radical (unpaired) electrons. The van der Waals surface area contributed by atoms with E-state index in [1.54, 1.807) is 13.2 Å². The summed E-state index contributed by atoms with van der Waals surface area (Å²) in [4.78, 5) is 19.0. The molecule has 6 nitrogen and oxygen atoms in total. The summed E-state index contributed by atoms with van der Waals surface area (Å²) in [6.45, 7) is 6.88. The first-order chi connectivity index (χ1) is 12.2. The van der Waals surface area contributed by atoms with E-state index in [2.05, 4.69) is 16.5 Å². The van der Waals surface area contributed by atoms with Crippen molar-refractivity contribution >= 4 is 28.9 Å². The van der Waals surface area contributed by atoms with E-state index in [1.165, 1.54) is 11.8 Å². The van der Waals surface area contributed by atoms with Gasteiger partial charge < -0.3 is 19.1 Å². The number of hydrogen-bond donors (Lipinski definition) is 0. The maximum Gasteiger partial charge on any atom is 0.286 e. The second-order valence-electron chi connectivity index (χ2n) is 5.42. The molecule has 1 aromatic carbocycles. The number of amides is 1. The molecule has 2 aliphatic heterocycles. The Morgan fingerprint density at radius 1 is 1.36 bits per heavy atom. The van der Waals surface area contributed by atoms with E-state index in [4.69, 9.17) is 14.2 Å². The number of ether oxygens (including phenoxy) is 3. The second-order valence-corrected chi connectivity index (χ2v) is 6.43. The summed E-state index contributed by atoms with van der Waals surface area (Å²) in [5, 5.41) is 0.748. The number of benzene rings is 1. The number of thioether (sulfide) groups is 1. The van der Waals surface area contributed by atoms with Crippen molar-refractivity contribution in [1.29, 1.82) is 0 Å². The smallest absolute Gasteiger partial charge is 0.286 e. The van der Waals surface area contributed by atoms with Crippen LogP contribution in [0.15, 0.2) is 40.8 Å². The highest BCUT2D eigenvalue weighted by atomic mass is 32.2. The third-order valence-electron chi connectivity index (χ3n) is 3.73. The largest absolute Gasteiger partial charge is 0.493 e. The molecular formula is C18H20N2O4S. The molecule has 0 saturated carbocycles. The Labute approximate surface area is 151 Å². The van der Waals surface area contributed by atoms with Crippen molar-refractivity contribution in [1.82, 2.24) is 4.90 Å². The molecule has 1 aromatic rings. The van der Waals surface area contributed by atoms with Crippen LogP contribution in [0.5, 0.6) is 11.5 Å². The molecule has 0 bridgehead atoms. The van der Waals surface area contributed by atoms with Crippen LogP contribution in [-0.4, -0.2) is 56.0 Å². The number of carbonyl (C=O) groups excluding carboxylic acids is 1. The molecule has 1 fully saturated rings. The van der Waals surface area contributed by atoms with Gasteiger partial charge in [-0.05, 0) is 35.5 Å². The fourth-order valence-corrected chi connectivity index (χ4v) is 3.45. The van der Waals surface area contributed by atoms with Crippen LogP contribution in [0.1, 0.15) is 5.56 Å². The summed E-state index contributed by atoms with van der Waals surface area (Å²) in [5.41, 5.74) is 0.858. The average Bonchev–Trinajstić information content (AvgIpc) is 3.02. The monoisotopic (exact) mass is 360 g/mol. The van der Waals surface area contributed by atoms with E-state index in [9.17, 15) is 4.79 Å². The first-order valence-electron chi connectivity index (χ1n) is 7.98. The topological polar surface area (TPSA) is 60.4 Å². The van der Waals surface area contributed by atoms with Gasteiger partial charge in [0.1, 0.15) is 6.61 Å². The standard InChI is InChI=1S/C18H20N2O4S/c1-3-8-24-14-5-4-13(11-15(14)22-2)12-16-17(21)19-18(25-16)20-6-9-23-10-7-20/h3-5,11-12H,1,6-10H2,2H3. The Balaban J connectivity index is 1.74. The third-order valence-corrected chi connectivity index (χ3v) is 4.78. The first-order valence-corrected chi connectivity index (χ1v) is 8.80. The van der Waals surface area contributed by atoms with Gasteiger partial charge in [0.25, 0.3) is 5.91 Å². The number of rotatable bonds is 5. The van der Waals surface area contributed by atoms with E-state index in [0.29, 0.717) is 36.2 Å². The van der Waals surface area contributed by atoms with Gasteiger partial charge in [0.2, 0.25) is 0 Å². The van der Waals surface area contributed by atoms with Crippen molar-refractivity contribution in [2.24, 2.45) is 4.99 Å². The van der Waals surface area contributed by atoms with E-state index in [0.717, 1.165) is 23.8 Å². The molecule has 2 aliphatic rings. The lowest BCUT2D eigenvalue weighted by atomic mass is 10.2. The number of carbonyl (C=O) groups is 1. The van der Waals surface area contributed by atoms with E-state index in [-0.39, 0.29) is 5.91 Å². The number of amidine groups is 1. The fraction of sp³-hybridized carbons (Fsp3) is 0.333. The van der Waals surface area contributed by atoms with Gasteiger partial charge in [-0.25, -0.2) is 0 Å². The SMILES string of the molecule is C=CCOc1ccc(C=C2SC(N3CCOCC3)=NC2=O)cc1OC. The summed E-state index contributed by atoms with van der Waals surface area (Å²) < 4.78 is 16.2. The van der Waals surface area contributed by atoms with Crippen molar-refractivity contribution in [3.8, 4) is 11.5 Å². The van der Waals surface area contributed by atoms with E-state index < -0.39 is 0 Å². The Kier molecular flexibility index (Phi) is 5.78. The van der Waals surface area contributed by atoms with Crippen LogP contribution in [0.4, 0.5) is 0 Å². The van der Waals surface area contributed by atoms with Gasteiger partial charge in [0.05, 0.1) is 25.2 Å². The van der Waals surface area contributed by atoms with Crippen molar-refractivity contribution in [2.45, 2.75) is 0 Å². The van der Waals surface area contributed by atoms with Gasteiger partial charge in [0.15, 0.2) is 16.7 Å². The Bertz CT molecular complexity index is 724. The van der Waals surface area contributed by atoms with Gasteiger partial charge in [0, 0.05) is 13.1 Å². The van der Waals surface area contributed by atoms with Crippen LogP contribution in [0.25, 0.3) is 6.08 Å². The van der Waals surface area contributed by atoms with Gasteiger partial charge in [-0.15, -0.1) is 0 Å². The zero-order valence-corrected chi connectivity index (χ0v) is 14.9. The summed E-state index contributed by atoms with van der Waals surface area (Å²) >= 11 is 1.40. The Hall–Kier alpha value is -2.25. The normalized spacial score (nSPS) is 19.1. The molecule has 0 atom stereocenters. The quantitative estimate of drug-likeness (QED) is 0.594. The predicted molar refractivity (Wildman–Crippen MR) is 99.1 cm³/mol. The van der Waals surface area contributed by atoms with Crippen LogP contribution in [0.3, 0.4) is 0 Å². The summed E-state index contributed by atoms with van der Waals surface area (Å²) in [6.07, 6.45) is 3.50. The van der Waals surface area contributed by atoms with Crippen LogP contribution >= 0.6 is 11.8 Å². The Morgan fingerprint density at radius 2 is 2.16 bits per heavy atom. The van der Waals surface area contributed by atoms with Crippen molar-refractivity contribution < 1.29 is 19.0 Å². The van der Waals surface area contributed by atoms with E-state index >= 15 is 0 Å². The number of nitrogens with zero attached hydrogens (tertiary/aromatic N) is 2. The molecule has 132 valence electrons. The number of hydrogen-bond acceptors (Lipinski definition) is 6. The number of morpholine rings is 1.